The molecule has 0 saturated carbocycles. The molecule has 1 N–H and O–H groups in total. The van der Waals surface area contributed by atoms with Gasteiger partial charge in [-0.1, -0.05) is 99.3 Å². The number of nitrogens with one attached hydrogen (secondary N) is 1. The lowest BCUT2D eigenvalue weighted by Gasteiger charge is -2.14. The van der Waals surface area contributed by atoms with E-state index in [4.69, 9.17) is 4.98 Å². The van der Waals surface area contributed by atoms with Crippen LogP contribution in [0.5, 0.6) is 0 Å². The molecule has 40 heavy (non-hydrogen) atoms. The molecular weight excluding hydrogens is 490 g/mol. The Morgan fingerprint density at radius 2 is 1.55 bits per heavy atom. The highest BCUT2D eigenvalue weighted by Crippen LogP contribution is 2.43. The number of carbonyl (C=O) groups excluding carboxylic acids is 1. The monoisotopic (exact) mass is 525 g/mol. The average molecular weight is 526 g/mol. The summed E-state index contributed by atoms with van der Waals surface area (Å²) in [5.74, 6) is -0.0752. The van der Waals surface area contributed by atoms with Gasteiger partial charge in [-0.05, 0) is 55.0 Å². The minimum absolute atomic E-state index is 0.0752. The van der Waals surface area contributed by atoms with E-state index in [0.717, 1.165) is 34.4 Å². The minimum atomic E-state index is -0.0752. The van der Waals surface area contributed by atoms with Gasteiger partial charge in [0.15, 0.2) is 5.78 Å². The molecule has 0 aliphatic heterocycles. The van der Waals surface area contributed by atoms with Crippen molar-refractivity contribution in [2.24, 2.45) is 0 Å². The van der Waals surface area contributed by atoms with Crippen LogP contribution in [-0.2, 0) is 6.42 Å². The van der Waals surface area contributed by atoms with Gasteiger partial charge in [0.1, 0.15) is 6.07 Å². The molecule has 0 spiro atoms. The molecule has 3 aromatic carbocycles. The molecule has 0 bridgehead atoms. The second-order valence-corrected chi connectivity index (χ2v) is 10.6. The predicted molar refractivity (Wildman–Crippen MR) is 164 cm³/mol. The third-order valence-corrected chi connectivity index (χ3v) is 7.75. The summed E-state index contributed by atoms with van der Waals surface area (Å²) in [7, 11) is 0. The Kier molecular flexibility index (Phi) is 8.22. The van der Waals surface area contributed by atoms with Gasteiger partial charge in [-0.25, -0.2) is 4.98 Å². The van der Waals surface area contributed by atoms with E-state index >= 15 is 0 Å². The number of benzene rings is 3. The van der Waals surface area contributed by atoms with Gasteiger partial charge in [0.2, 0.25) is 0 Å². The number of ketones is 1. The normalized spacial score (nSPS) is 11.9. The maximum atomic E-state index is 13.7. The van der Waals surface area contributed by atoms with Gasteiger partial charge in [0, 0.05) is 28.6 Å². The molecule has 0 amide bonds. The predicted octanol–water partition coefficient (Wildman–Crippen LogP) is 9.04. The van der Waals surface area contributed by atoms with Crippen molar-refractivity contribution in [1.82, 2.24) is 4.98 Å². The van der Waals surface area contributed by atoms with Crippen molar-refractivity contribution in [3.63, 3.8) is 0 Å². The van der Waals surface area contributed by atoms with E-state index in [1.54, 1.807) is 0 Å². The standard InChI is InChI=1S/C36H35N3O/c1-4-5-6-7-8-14-26-17-19-27(20-18-26)32-30(23-37)31(21-22-38-34-24(2)12-11-13-25(34)3)39-35-28-15-9-10-16-29(28)36(40)33(32)35/h9-13,15-22,38H,4-8,14H2,1-3H3. The molecular formula is C36H35N3O. The molecule has 0 saturated heterocycles. The number of aromatic nitrogens is 1. The van der Waals surface area contributed by atoms with Crippen molar-refractivity contribution in [3.05, 3.63) is 112 Å². The van der Waals surface area contributed by atoms with Crippen molar-refractivity contribution in [3.8, 4) is 28.5 Å². The Morgan fingerprint density at radius 3 is 2.25 bits per heavy atom. The van der Waals surface area contributed by atoms with Gasteiger partial charge in [-0.15, -0.1) is 0 Å². The van der Waals surface area contributed by atoms with Gasteiger partial charge in [-0.3, -0.25) is 4.79 Å². The summed E-state index contributed by atoms with van der Waals surface area (Å²) >= 11 is 0. The van der Waals surface area contributed by atoms with Crippen LogP contribution < -0.4 is 5.32 Å². The molecule has 0 unspecified atom stereocenters. The summed E-state index contributed by atoms with van der Waals surface area (Å²) in [4.78, 5) is 18.5. The number of aryl methyl sites for hydroxylation is 3. The lowest BCUT2D eigenvalue weighted by atomic mass is 9.91. The van der Waals surface area contributed by atoms with E-state index in [-0.39, 0.29) is 5.78 Å². The Balaban J connectivity index is 1.55. The van der Waals surface area contributed by atoms with E-state index in [0.29, 0.717) is 33.6 Å². The average Bonchev–Trinajstić information content (AvgIpc) is 3.25. The molecule has 0 radical (unpaired) electrons. The number of para-hydroxylation sites is 1. The molecule has 1 aliphatic carbocycles. The van der Waals surface area contributed by atoms with Crippen LogP contribution in [-0.4, -0.2) is 10.8 Å². The van der Waals surface area contributed by atoms with Crippen molar-refractivity contribution < 1.29 is 4.79 Å². The molecule has 1 heterocycles. The first kappa shape index (κ1) is 27.1. The maximum absolute atomic E-state index is 13.7. The highest BCUT2D eigenvalue weighted by molar-refractivity contribution is 6.24. The smallest absolute Gasteiger partial charge is 0.196 e. The van der Waals surface area contributed by atoms with Gasteiger partial charge < -0.3 is 5.32 Å². The third-order valence-electron chi connectivity index (χ3n) is 7.75. The number of anilines is 1. The molecule has 200 valence electrons. The molecule has 1 aliphatic rings. The highest BCUT2D eigenvalue weighted by atomic mass is 16.1. The summed E-state index contributed by atoms with van der Waals surface area (Å²) in [6.07, 6.45) is 10.9. The Bertz CT molecular complexity index is 1600. The van der Waals surface area contributed by atoms with Crippen LogP contribution in [0.2, 0.25) is 0 Å². The summed E-state index contributed by atoms with van der Waals surface area (Å²) in [5, 5.41) is 13.8. The van der Waals surface area contributed by atoms with Crippen LogP contribution in [0.3, 0.4) is 0 Å². The van der Waals surface area contributed by atoms with E-state index in [2.05, 4.69) is 68.6 Å². The van der Waals surface area contributed by atoms with Crippen LogP contribution in [0.1, 0.15) is 82.9 Å². The SMILES string of the molecule is CCCCCCCc1ccc(-c2c(C#N)c(C=CNc3c(C)cccc3C)nc3c2C(=O)c2ccccc2-3)cc1. The number of nitrogens with zero attached hydrogens (tertiary/aromatic N) is 2. The topological polar surface area (TPSA) is 65.8 Å². The minimum Gasteiger partial charge on any atom is -0.361 e. The first-order valence-electron chi connectivity index (χ1n) is 14.2. The summed E-state index contributed by atoms with van der Waals surface area (Å²) in [5.41, 5.74) is 9.66. The van der Waals surface area contributed by atoms with Gasteiger partial charge in [-0.2, -0.15) is 5.26 Å². The van der Waals surface area contributed by atoms with Crippen molar-refractivity contribution in [1.29, 1.82) is 5.26 Å². The zero-order valence-corrected chi connectivity index (χ0v) is 23.6. The highest BCUT2D eigenvalue weighted by Gasteiger charge is 2.33. The summed E-state index contributed by atoms with van der Waals surface area (Å²) in [6, 6.07) is 24.5. The van der Waals surface area contributed by atoms with E-state index in [1.165, 1.54) is 37.7 Å². The van der Waals surface area contributed by atoms with Crippen molar-refractivity contribution in [2.45, 2.75) is 59.3 Å². The zero-order chi connectivity index (χ0) is 28.1. The number of hydrogen-bond acceptors (Lipinski definition) is 4. The van der Waals surface area contributed by atoms with Crippen LogP contribution in [0, 0.1) is 25.2 Å². The van der Waals surface area contributed by atoms with Crippen LogP contribution >= 0.6 is 0 Å². The molecule has 5 rings (SSSR count). The zero-order valence-electron chi connectivity index (χ0n) is 23.6. The molecule has 0 fully saturated rings. The molecule has 4 nitrogen and oxygen atoms in total. The first-order chi connectivity index (χ1) is 19.5. The summed E-state index contributed by atoms with van der Waals surface area (Å²) in [6.45, 7) is 6.36. The van der Waals surface area contributed by atoms with Crippen molar-refractivity contribution in [2.75, 3.05) is 5.32 Å². The fourth-order valence-electron chi connectivity index (χ4n) is 5.58. The van der Waals surface area contributed by atoms with E-state index in [9.17, 15) is 10.1 Å². The molecule has 4 aromatic rings. The van der Waals surface area contributed by atoms with Crippen LogP contribution in [0.15, 0.2) is 72.9 Å². The second kappa shape index (κ2) is 12.1. The fraction of sp³-hybridized carbons (Fsp3) is 0.250. The summed E-state index contributed by atoms with van der Waals surface area (Å²) < 4.78 is 0. The number of carbonyl (C=O) groups is 1. The number of hydrogen-bond donors (Lipinski definition) is 1. The first-order valence-corrected chi connectivity index (χ1v) is 14.2. The maximum Gasteiger partial charge on any atom is 0.196 e. The Labute approximate surface area is 237 Å². The number of nitriles is 1. The fourth-order valence-corrected chi connectivity index (χ4v) is 5.58. The molecule has 4 heteroatoms. The van der Waals surface area contributed by atoms with Gasteiger partial charge >= 0.3 is 0 Å². The quantitative estimate of drug-likeness (QED) is 0.185. The molecule has 1 aromatic heterocycles. The second-order valence-electron chi connectivity index (χ2n) is 10.6. The Morgan fingerprint density at radius 1 is 0.850 bits per heavy atom. The van der Waals surface area contributed by atoms with E-state index < -0.39 is 0 Å². The number of rotatable bonds is 10. The lowest BCUT2D eigenvalue weighted by molar-refractivity contribution is 0.104. The Hall–Kier alpha value is -4.49. The van der Waals surface area contributed by atoms with Gasteiger partial charge in [0.05, 0.1) is 22.5 Å². The number of pyridine rings is 1. The number of fused-ring (bicyclic) bond motifs is 3. The molecule has 0 atom stereocenters. The van der Waals surface area contributed by atoms with Gasteiger partial charge in [0.25, 0.3) is 0 Å². The largest absolute Gasteiger partial charge is 0.361 e. The lowest BCUT2D eigenvalue weighted by Crippen LogP contribution is -2.04. The third kappa shape index (κ3) is 5.33. The van der Waals surface area contributed by atoms with Crippen molar-refractivity contribution >= 4 is 17.5 Å². The van der Waals surface area contributed by atoms with E-state index in [1.807, 2.05) is 42.6 Å². The van der Waals surface area contributed by atoms with Crippen LogP contribution in [0.25, 0.3) is 28.5 Å². The van der Waals surface area contributed by atoms with Crippen LogP contribution in [0.4, 0.5) is 5.69 Å². The number of unbranched alkanes of at least 4 members (excludes halogenated alkanes) is 4.